The van der Waals surface area contributed by atoms with Gasteiger partial charge in [-0.1, -0.05) is 19.1 Å². The van der Waals surface area contributed by atoms with Crippen LogP contribution in [0.3, 0.4) is 0 Å². The van der Waals surface area contributed by atoms with E-state index in [1.54, 1.807) is 0 Å². The van der Waals surface area contributed by atoms with Crippen LogP contribution < -0.4 is 10.2 Å². The summed E-state index contributed by atoms with van der Waals surface area (Å²) in [7, 11) is 0. The number of hydrogen-bond donors (Lipinski definition) is 1. The van der Waals surface area contributed by atoms with Gasteiger partial charge in [0.15, 0.2) is 0 Å². The molecule has 0 aromatic heterocycles. The van der Waals surface area contributed by atoms with Crippen LogP contribution in [0, 0.1) is 5.92 Å². The molecular weight excluding hydrogens is 286 g/mol. The van der Waals surface area contributed by atoms with Crippen LogP contribution in [0.4, 0.5) is 11.4 Å². The second kappa shape index (κ2) is 7.64. The summed E-state index contributed by atoms with van der Waals surface area (Å²) in [5.41, 5.74) is 2.14. The molecule has 0 radical (unpaired) electrons. The van der Waals surface area contributed by atoms with Crippen molar-refractivity contribution in [2.45, 2.75) is 26.2 Å². The Balaban J connectivity index is 1.50. The highest BCUT2D eigenvalue weighted by Crippen LogP contribution is 2.22. The van der Waals surface area contributed by atoms with Crippen LogP contribution in [-0.2, 0) is 4.79 Å². The maximum Gasteiger partial charge on any atom is 0.224 e. The van der Waals surface area contributed by atoms with E-state index in [2.05, 4.69) is 46.3 Å². The fourth-order valence-corrected chi connectivity index (χ4v) is 3.39. The quantitative estimate of drug-likeness (QED) is 0.848. The number of amides is 1. The fraction of sp³-hybridized carbons (Fsp3) is 0.526. The lowest BCUT2D eigenvalue weighted by Gasteiger charge is -2.35. The molecule has 1 N–H and O–H groups in total. The van der Waals surface area contributed by atoms with Crippen molar-refractivity contribution in [1.82, 2.24) is 4.90 Å². The van der Waals surface area contributed by atoms with Crippen molar-refractivity contribution in [1.29, 1.82) is 0 Å². The van der Waals surface area contributed by atoms with Gasteiger partial charge in [0.05, 0.1) is 0 Å². The number of allylic oxidation sites excluding steroid dienone is 2. The Morgan fingerprint density at radius 1 is 1.17 bits per heavy atom. The monoisotopic (exact) mass is 313 g/mol. The van der Waals surface area contributed by atoms with E-state index in [0.29, 0.717) is 12.3 Å². The summed E-state index contributed by atoms with van der Waals surface area (Å²) in [6.45, 7) is 7.76. The van der Waals surface area contributed by atoms with Gasteiger partial charge in [-0.05, 0) is 49.6 Å². The predicted octanol–water partition coefficient (Wildman–Crippen LogP) is 3.12. The number of nitrogens with zero attached hydrogens (tertiary/aromatic N) is 2. The molecule has 0 spiro atoms. The first-order valence-corrected chi connectivity index (χ1v) is 8.78. The molecule has 4 heteroatoms. The first kappa shape index (κ1) is 16.1. The molecule has 1 aromatic carbocycles. The Labute approximate surface area is 139 Å². The zero-order chi connectivity index (χ0) is 16.1. The SMILES string of the molecule is CCN1CCN(c2ccc(NC(=O)CC3C=CCC3)cc2)CC1. The average Bonchev–Trinajstić information content (AvgIpc) is 3.08. The number of nitrogens with one attached hydrogen (secondary N) is 1. The highest BCUT2D eigenvalue weighted by atomic mass is 16.1. The molecule has 0 bridgehead atoms. The molecular formula is C19H27N3O. The molecule has 124 valence electrons. The largest absolute Gasteiger partial charge is 0.369 e. The number of rotatable bonds is 5. The van der Waals surface area contributed by atoms with Gasteiger partial charge < -0.3 is 15.1 Å². The molecule has 3 rings (SSSR count). The number of carbonyl (C=O) groups is 1. The van der Waals surface area contributed by atoms with E-state index in [4.69, 9.17) is 0 Å². The number of hydrogen-bond acceptors (Lipinski definition) is 3. The molecule has 1 atom stereocenters. The maximum atomic E-state index is 12.1. The van der Waals surface area contributed by atoms with Crippen LogP contribution in [0.15, 0.2) is 36.4 Å². The van der Waals surface area contributed by atoms with E-state index < -0.39 is 0 Å². The average molecular weight is 313 g/mol. The summed E-state index contributed by atoms with van der Waals surface area (Å²) in [6, 6.07) is 8.27. The van der Waals surface area contributed by atoms with Gasteiger partial charge in [0, 0.05) is 44.0 Å². The number of carbonyl (C=O) groups excluding carboxylic acids is 1. The molecule has 1 aliphatic carbocycles. The van der Waals surface area contributed by atoms with Crippen molar-refractivity contribution < 1.29 is 4.79 Å². The van der Waals surface area contributed by atoms with Crippen molar-refractivity contribution in [2.75, 3.05) is 42.9 Å². The summed E-state index contributed by atoms with van der Waals surface area (Å²) in [4.78, 5) is 17.0. The lowest BCUT2D eigenvalue weighted by atomic mass is 10.1. The smallest absolute Gasteiger partial charge is 0.224 e. The van der Waals surface area contributed by atoms with Crippen LogP contribution in [0.1, 0.15) is 26.2 Å². The van der Waals surface area contributed by atoms with Gasteiger partial charge in [0.2, 0.25) is 5.91 Å². The van der Waals surface area contributed by atoms with Crippen molar-refractivity contribution >= 4 is 17.3 Å². The minimum Gasteiger partial charge on any atom is -0.369 e. The zero-order valence-electron chi connectivity index (χ0n) is 14.0. The Morgan fingerprint density at radius 3 is 2.52 bits per heavy atom. The molecule has 4 nitrogen and oxygen atoms in total. The highest BCUT2D eigenvalue weighted by molar-refractivity contribution is 5.91. The molecule has 0 saturated carbocycles. The maximum absolute atomic E-state index is 12.1. The summed E-state index contributed by atoms with van der Waals surface area (Å²) in [5.74, 6) is 0.537. The number of piperazine rings is 1. The fourth-order valence-electron chi connectivity index (χ4n) is 3.39. The summed E-state index contributed by atoms with van der Waals surface area (Å²) in [5, 5.41) is 3.02. The van der Waals surface area contributed by atoms with E-state index in [9.17, 15) is 4.79 Å². The minimum absolute atomic E-state index is 0.117. The summed E-state index contributed by atoms with van der Waals surface area (Å²) >= 11 is 0. The molecule has 1 amide bonds. The van der Waals surface area contributed by atoms with E-state index >= 15 is 0 Å². The molecule has 1 aromatic rings. The second-order valence-electron chi connectivity index (χ2n) is 6.49. The van der Waals surface area contributed by atoms with Gasteiger partial charge >= 0.3 is 0 Å². The lowest BCUT2D eigenvalue weighted by Crippen LogP contribution is -2.46. The molecule has 1 saturated heterocycles. The number of benzene rings is 1. The predicted molar refractivity (Wildman–Crippen MR) is 95.9 cm³/mol. The first-order chi connectivity index (χ1) is 11.2. The third-order valence-corrected chi connectivity index (χ3v) is 4.90. The highest BCUT2D eigenvalue weighted by Gasteiger charge is 2.16. The van der Waals surface area contributed by atoms with Crippen molar-refractivity contribution in [3.63, 3.8) is 0 Å². The van der Waals surface area contributed by atoms with Gasteiger partial charge in [0.1, 0.15) is 0 Å². The second-order valence-corrected chi connectivity index (χ2v) is 6.49. The summed E-state index contributed by atoms with van der Waals surface area (Å²) < 4.78 is 0. The van der Waals surface area contributed by atoms with Crippen LogP contribution in [-0.4, -0.2) is 43.5 Å². The van der Waals surface area contributed by atoms with Crippen LogP contribution >= 0.6 is 0 Å². The lowest BCUT2D eigenvalue weighted by molar-refractivity contribution is -0.116. The van der Waals surface area contributed by atoms with Gasteiger partial charge in [-0.2, -0.15) is 0 Å². The van der Waals surface area contributed by atoms with E-state index in [1.807, 2.05) is 12.1 Å². The van der Waals surface area contributed by atoms with Crippen molar-refractivity contribution in [3.05, 3.63) is 36.4 Å². The summed E-state index contributed by atoms with van der Waals surface area (Å²) in [6.07, 6.45) is 7.15. The van der Waals surface area contributed by atoms with Crippen LogP contribution in [0.25, 0.3) is 0 Å². The molecule has 1 unspecified atom stereocenters. The molecule has 1 heterocycles. The Morgan fingerprint density at radius 2 is 1.91 bits per heavy atom. The third kappa shape index (κ3) is 4.35. The Kier molecular flexibility index (Phi) is 5.34. The molecule has 1 aliphatic heterocycles. The van der Waals surface area contributed by atoms with E-state index in [0.717, 1.165) is 51.3 Å². The normalized spacial score (nSPS) is 21.6. The van der Waals surface area contributed by atoms with E-state index in [-0.39, 0.29) is 5.91 Å². The van der Waals surface area contributed by atoms with Crippen LogP contribution in [0.2, 0.25) is 0 Å². The molecule has 2 aliphatic rings. The first-order valence-electron chi connectivity index (χ1n) is 8.78. The van der Waals surface area contributed by atoms with Gasteiger partial charge in [0.25, 0.3) is 0 Å². The Bertz CT molecular complexity index is 544. The Hall–Kier alpha value is -1.81. The number of anilines is 2. The molecule has 23 heavy (non-hydrogen) atoms. The minimum atomic E-state index is 0.117. The van der Waals surface area contributed by atoms with Crippen LogP contribution in [0.5, 0.6) is 0 Å². The number of likely N-dealkylation sites (N-methyl/N-ethyl adjacent to an activating group) is 1. The molecule has 1 fully saturated rings. The van der Waals surface area contributed by atoms with Gasteiger partial charge in [-0.15, -0.1) is 0 Å². The van der Waals surface area contributed by atoms with Crippen molar-refractivity contribution in [3.8, 4) is 0 Å². The van der Waals surface area contributed by atoms with Gasteiger partial charge in [-0.3, -0.25) is 4.79 Å². The van der Waals surface area contributed by atoms with Crippen molar-refractivity contribution in [2.24, 2.45) is 5.92 Å². The van der Waals surface area contributed by atoms with Gasteiger partial charge in [-0.25, -0.2) is 0 Å². The van der Waals surface area contributed by atoms with E-state index in [1.165, 1.54) is 5.69 Å². The zero-order valence-corrected chi connectivity index (χ0v) is 14.0. The standard InChI is InChI=1S/C19H27N3O/c1-2-21-11-13-22(14-12-21)18-9-7-17(8-10-18)20-19(23)15-16-5-3-4-6-16/h3,5,7-10,16H,2,4,6,11-15H2,1H3,(H,20,23). The topological polar surface area (TPSA) is 35.6 Å². The third-order valence-electron chi connectivity index (χ3n) is 4.90.